The first-order valence-electron chi connectivity index (χ1n) is 7.60. The average Bonchev–Trinajstić information content (AvgIpc) is 2.90. The van der Waals surface area contributed by atoms with Crippen molar-refractivity contribution in [3.8, 4) is 0 Å². The Morgan fingerprint density at radius 1 is 1.36 bits per heavy atom. The molecule has 0 saturated carbocycles. The summed E-state index contributed by atoms with van der Waals surface area (Å²) in [7, 11) is 0. The van der Waals surface area contributed by atoms with E-state index in [0.717, 1.165) is 29.9 Å². The lowest BCUT2D eigenvalue weighted by atomic mass is 9.74. The molecule has 2 aromatic rings. The van der Waals surface area contributed by atoms with Gasteiger partial charge in [0.2, 0.25) is 0 Å². The summed E-state index contributed by atoms with van der Waals surface area (Å²) in [6.07, 6.45) is 1.78. The lowest BCUT2D eigenvalue weighted by molar-refractivity contribution is 0.0915. The van der Waals surface area contributed by atoms with E-state index in [-0.39, 0.29) is 17.4 Å². The summed E-state index contributed by atoms with van der Waals surface area (Å²) in [4.78, 5) is 12.6. The Morgan fingerprint density at radius 2 is 2.09 bits per heavy atom. The zero-order valence-electron chi connectivity index (χ0n) is 13.7. The second kappa shape index (κ2) is 5.00. The van der Waals surface area contributed by atoms with Gasteiger partial charge in [0.25, 0.3) is 5.91 Å². The molecule has 1 aliphatic carbocycles. The SMILES string of the molecule is Cc1cc2c(o1)CC(C)(C)C[C@@H]2NC(=O)c1c(C)noc1C. The first-order valence-corrected chi connectivity index (χ1v) is 7.60. The topological polar surface area (TPSA) is 68.3 Å². The van der Waals surface area contributed by atoms with Crippen molar-refractivity contribution in [2.75, 3.05) is 0 Å². The Hall–Kier alpha value is -2.04. The van der Waals surface area contributed by atoms with Crippen LogP contribution in [0.5, 0.6) is 0 Å². The van der Waals surface area contributed by atoms with Crippen LogP contribution in [0.15, 0.2) is 15.0 Å². The molecule has 0 bridgehead atoms. The van der Waals surface area contributed by atoms with Gasteiger partial charge in [-0.25, -0.2) is 0 Å². The fourth-order valence-electron chi connectivity index (χ4n) is 3.35. The van der Waals surface area contributed by atoms with Gasteiger partial charge in [0, 0.05) is 12.0 Å². The highest BCUT2D eigenvalue weighted by molar-refractivity contribution is 5.96. The molecule has 0 unspecified atom stereocenters. The quantitative estimate of drug-likeness (QED) is 0.919. The van der Waals surface area contributed by atoms with Crippen molar-refractivity contribution in [1.82, 2.24) is 10.5 Å². The highest BCUT2D eigenvalue weighted by Crippen LogP contribution is 2.42. The van der Waals surface area contributed by atoms with Gasteiger partial charge in [0.1, 0.15) is 22.8 Å². The molecule has 5 nitrogen and oxygen atoms in total. The Balaban J connectivity index is 1.90. The molecule has 0 saturated heterocycles. The first-order chi connectivity index (χ1) is 10.3. The Morgan fingerprint density at radius 3 is 2.73 bits per heavy atom. The van der Waals surface area contributed by atoms with Crippen LogP contribution in [0.25, 0.3) is 0 Å². The molecule has 118 valence electrons. The van der Waals surface area contributed by atoms with Gasteiger partial charge in [-0.05, 0) is 38.7 Å². The monoisotopic (exact) mass is 302 g/mol. The molecule has 0 spiro atoms. The van der Waals surface area contributed by atoms with Crippen LogP contribution in [-0.2, 0) is 6.42 Å². The summed E-state index contributed by atoms with van der Waals surface area (Å²) >= 11 is 0. The second-order valence-electron chi connectivity index (χ2n) is 7.01. The third-order valence-corrected chi connectivity index (χ3v) is 4.30. The molecular formula is C17H22N2O3. The van der Waals surface area contributed by atoms with Crippen molar-refractivity contribution in [2.45, 2.75) is 53.5 Å². The molecule has 2 aromatic heterocycles. The number of rotatable bonds is 2. The lowest BCUT2D eigenvalue weighted by Gasteiger charge is -2.34. The normalized spacial score (nSPS) is 19.8. The van der Waals surface area contributed by atoms with Gasteiger partial charge in [0.05, 0.1) is 11.7 Å². The summed E-state index contributed by atoms with van der Waals surface area (Å²) in [5, 5.41) is 6.98. The third-order valence-electron chi connectivity index (χ3n) is 4.30. The van der Waals surface area contributed by atoms with Crippen molar-refractivity contribution in [3.05, 3.63) is 40.2 Å². The zero-order chi connectivity index (χ0) is 16.1. The van der Waals surface area contributed by atoms with E-state index >= 15 is 0 Å². The highest BCUT2D eigenvalue weighted by atomic mass is 16.5. The minimum absolute atomic E-state index is 0.0441. The molecule has 3 rings (SSSR count). The predicted molar refractivity (Wildman–Crippen MR) is 81.7 cm³/mol. The summed E-state index contributed by atoms with van der Waals surface area (Å²) in [6.45, 7) is 9.88. The van der Waals surface area contributed by atoms with Crippen LogP contribution >= 0.6 is 0 Å². The van der Waals surface area contributed by atoms with Crippen molar-refractivity contribution in [3.63, 3.8) is 0 Å². The Kier molecular flexibility index (Phi) is 3.38. The maximum atomic E-state index is 12.6. The Labute approximate surface area is 130 Å². The summed E-state index contributed by atoms with van der Waals surface area (Å²) in [5.74, 6) is 2.29. The zero-order valence-corrected chi connectivity index (χ0v) is 13.7. The minimum atomic E-state index is -0.135. The number of aryl methyl sites for hydroxylation is 3. The maximum Gasteiger partial charge on any atom is 0.257 e. The largest absolute Gasteiger partial charge is 0.466 e. The lowest BCUT2D eigenvalue weighted by Crippen LogP contribution is -2.36. The first kappa shape index (κ1) is 14.9. The highest BCUT2D eigenvalue weighted by Gasteiger charge is 2.36. The van der Waals surface area contributed by atoms with Gasteiger partial charge >= 0.3 is 0 Å². The molecule has 2 heterocycles. The van der Waals surface area contributed by atoms with Gasteiger partial charge in [-0.1, -0.05) is 19.0 Å². The van der Waals surface area contributed by atoms with E-state index in [1.165, 1.54) is 0 Å². The molecule has 0 aromatic carbocycles. The number of amides is 1. The van der Waals surface area contributed by atoms with E-state index in [4.69, 9.17) is 8.94 Å². The van der Waals surface area contributed by atoms with Crippen LogP contribution < -0.4 is 5.32 Å². The van der Waals surface area contributed by atoms with Crippen LogP contribution in [0.3, 0.4) is 0 Å². The molecule has 0 radical (unpaired) electrons. The number of fused-ring (bicyclic) bond motifs is 1. The number of hydrogen-bond donors (Lipinski definition) is 1. The van der Waals surface area contributed by atoms with Crippen LogP contribution in [0.2, 0.25) is 0 Å². The van der Waals surface area contributed by atoms with Gasteiger partial charge in [-0.3, -0.25) is 4.79 Å². The molecule has 1 amide bonds. The van der Waals surface area contributed by atoms with E-state index in [9.17, 15) is 4.79 Å². The molecule has 1 N–H and O–H groups in total. The van der Waals surface area contributed by atoms with Gasteiger partial charge in [-0.15, -0.1) is 0 Å². The molecule has 5 heteroatoms. The van der Waals surface area contributed by atoms with Crippen LogP contribution in [-0.4, -0.2) is 11.1 Å². The summed E-state index contributed by atoms with van der Waals surface area (Å²) in [6, 6.07) is 1.99. The number of carbonyl (C=O) groups is 1. The Bertz CT molecular complexity index is 705. The second-order valence-corrected chi connectivity index (χ2v) is 7.01. The molecule has 0 fully saturated rings. The van der Waals surface area contributed by atoms with Gasteiger partial charge in [-0.2, -0.15) is 0 Å². The molecular weight excluding hydrogens is 280 g/mol. The van der Waals surface area contributed by atoms with Crippen LogP contribution in [0.4, 0.5) is 0 Å². The van der Waals surface area contributed by atoms with Crippen molar-refractivity contribution >= 4 is 5.91 Å². The van der Waals surface area contributed by atoms with E-state index in [1.54, 1.807) is 13.8 Å². The molecule has 1 atom stereocenters. The molecule has 22 heavy (non-hydrogen) atoms. The van der Waals surface area contributed by atoms with Gasteiger partial charge < -0.3 is 14.3 Å². The summed E-state index contributed by atoms with van der Waals surface area (Å²) < 4.78 is 10.9. The predicted octanol–water partition coefficient (Wildman–Crippen LogP) is 3.64. The molecule has 1 aliphatic rings. The number of aromatic nitrogens is 1. The number of carbonyl (C=O) groups excluding carboxylic acids is 1. The van der Waals surface area contributed by atoms with E-state index in [2.05, 4.69) is 24.3 Å². The number of nitrogens with zero attached hydrogens (tertiary/aromatic N) is 1. The summed E-state index contributed by atoms with van der Waals surface area (Å²) in [5.41, 5.74) is 2.34. The minimum Gasteiger partial charge on any atom is -0.466 e. The maximum absolute atomic E-state index is 12.6. The van der Waals surface area contributed by atoms with Crippen LogP contribution in [0.1, 0.15) is 65.2 Å². The fraction of sp³-hybridized carbons (Fsp3) is 0.529. The number of nitrogens with one attached hydrogen (secondary N) is 1. The van der Waals surface area contributed by atoms with Crippen LogP contribution in [0, 0.1) is 26.2 Å². The van der Waals surface area contributed by atoms with Gasteiger partial charge in [0.15, 0.2) is 0 Å². The van der Waals surface area contributed by atoms with Crippen molar-refractivity contribution in [1.29, 1.82) is 0 Å². The molecule has 0 aliphatic heterocycles. The number of furan rings is 1. The van der Waals surface area contributed by atoms with Crippen molar-refractivity contribution < 1.29 is 13.7 Å². The van der Waals surface area contributed by atoms with E-state index < -0.39 is 0 Å². The third kappa shape index (κ3) is 2.56. The van der Waals surface area contributed by atoms with Crippen molar-refractivity contribution in [2.24, 2.45) is 5.41 Å². The smallest absolute Gasteiger partial charge is 0.257 e. The fourth-order valence-corrected chi connectivity index (χ4v) is 3.35. The van der Waals surface area contributed by atoms with E-state index in [0.29, 0.717) is 17.0 Å². The standard InChI is InChI=1S/C17H22N2O3/c1-9-6-12-13(7-17(4,5)8-14(12)21-9)18-16(20)15-10(2)19-22-11(15)3/h6,13H,7-8H2,1-5H3,(H,18,20)/t13-/m0/s1. The van der Waals surface area contributed by atoms with E-state index in [1.807, 2.05) is 13.0 Å². The number of hydrogen-bond acceptors (Lipinski definition) is 4. The average molecular weight is 302 g/mol.